The van der Waals surface area contributed by atoms with E-state index in [1.807, 2.05) is 13.0 Å². The van der Waals surface area contributed by atoms with Crippen molar-refractivity contribution in [2.75, 3.05) is 0 Å². The molecule has 20 nitrogen and oxygen atoms in total. The molecule has 2 fully saturated rings. The zero-order valence-electron chi connectivity index (χ0n) is 39.1. The summed E-state index contributed by atoms with van der Waals surface area (Å²) < 4.78 is 23.3. The van der Waals surface area contributed by atoms with Gasteiger partial charge >= 0.3 is 11.9 Å². The number of aliphatic hydroxyl groups is 10. The van der Waals surface area contributed by atoms with Crippen molar-refractivity contribution in [2.24, 2.45) is 34.2 Å². The lowest BCUT2D eigenvalue weighted by Crippen LogP contribution is -2.58. The van der Waals surface area contributed by atoms with E-state index in [2.05, 4.69) is 4.99 Å². The molecular weight excluding hydrogens is 891 g/mol. The van der Waals surface area contributed by atoms with Crippen LogP contribution >= 0.6 is 0 Å². The van der Waals surface area contributed by atoms with Gasteiger partial charge < -0.3 is 86.6 Å². The van der Waals surface area contributed by atoms with E-state index in [4.69, 9.17) is 30.4 Å². The fourth-order valence-corrected chi connectivity index (χ4v) is 8.24. The normalized spacial score (nSPS) is 43.9. The molecule has 68 heavy (non-hydrogen) atoms. The Morgan fingerprint density at radius 3 is 1.82 bits per heavy atom. The predicted octanol–water partition coefficient (Wildman–Crippen LogP) is 0.0264. The number of nitrogens with zero attached hydrogens (tertiary/aromatic N) is 1. The first-order chi connectivity index (χ1) is 32.0. The van der Waals surface area contributed by atoms with E-state index in [0.29, 0.717) is 0 Å². The highest BCUT2D eigenvalue weighted by Crippen LogP contribution is 2.38. The smallest absolute Gasteiger partial charge is 0.311 e. The van der Waals surface area contributed by atoms with Gasteiger partial charge in [0.1, 0.15) is 30.3 Å². The van der Waals surface area contributed by atoms with Crippen molar-refractivity contribution < 1.29 is 84.7 Å². The molecule has 15 N–H and O–H groups in total. The number of ether oxygens (including phenoxy) is 4. The number of guanidine groups is 1. The molecule has 0 spiro atoms. The molecule has 2 bridgehead atoms. The number of nitrogens with two attached hydrogens (primary N) is 2. The van der Waals surface area contributed by atoms with Gasteiger partial charge in [0.2, 0.25) is 0 Å². The third-order valence-corrected chi connectivity index (χ3v) is 12.2. The molecule has 0 aliphatic carbocycles. The minimum atomic E-state index is -2.36. The van der Waals surface area contributed by atoms with Crippen LogP contribution in [0.2, 0.25) is 0 Å². The van der Waals surface area contributed by atoms with E-state index in [-0.39, 0.29) is 31.6 Å². The number of aliphatic hydroxyl groups excluding tert-OH is 9. The fraction of sp³-hybridized carbons (Fsp3) is 0.646. The van der Waals surface area contributed by atoms with E-state index in [1.54, 1.807) is 86.8 Å². The van der Waals surface area contributed by atoms with E-state index < -0.39 is 153 Å². The zero-order valence-corrected chi connectivity index (χ0v) is 39.1. The van der Waals surface area contributed by atoms with Crippen molar-refractivity contribution in [3.05, 3.63) is 85.1 Å². The van der Waals surface area contributed by atoms with Crippen LogP contribution in [-0.4, -0.2) is 172 Å². The summed E-state index contributed by atoms with van der Waals surface area (Å²) in [5.74, 6) is -7.36. The molecule has 0 unspecified atom stereocenters. The summed E-state index contributed by atoms with van der Waals surface area (Å²) in [6.07, 6.45) is 2.49. The van der Waals surface area contributed by atoms with Crippen molar-refractivity contribution in [1.82, 2.24) is 0 Å². The third-order valence-electron chi connectivity index (χ3n) is 12.2. The van der Waals surface area contributed by atoms with Crippen LogP contribution in [0.15, 0.2) is 90.1 Å². The summed E-state index contributed by atoms with van der Waals surface area (Å²) in [7, 11) is 0. The first kappa shape index (κ1) is 58.2. The van der Waals surface area contributed by atoms with Crippen LogP contribution < -0.4 is 11.5 Å². The van der Waals surface area contributed by atoms with Gasteiger partial charge in [-0.15, -0.1) is 0 Å². The highest BCUT2D eigenvalue weighted by Gasteiger charge is 2.51. The summed E-state index contributed by atoms with van der Waals surface area (Å²) >= 11 is 0. The van der Waals surface area contributed by atoms with Gasteiger partial charge in [-0.2, -0.15) is 0 Å². The Balaban J connectivity index is 1.90. The van der Waals surface area contributed by atoms with Crippen molar-refractivity contribution in [3.8, 4) is 0 Å². The van der Waals surface area contributed by atoms with E-state index >= 15 is 0 Å². The quantitative estimate of drug-likeness (QED) is 0.100. The second-order valence-corrected chi connectivity index (χ2v) is 18.0. The highest BCUT2D eigenvalue weighted by molar-refractivity contribution is 5.76. The average Bonchev–Trinajstić information content (AvgIpc) is 3.24. The fourth-order valence-electron chi connectivity index (χ4n) is 8.24. The number of carbonyl (C=O) groups is 2. The molecule has 3 aliphatic rings. The van der Waals surface area contributed by atoms with E-state index in [0.717, 1.165) is 0 Å². The molecular formula is C48H75N3O17. The van der Waals surface area contributed by atoms with Gasteiger partial charge in [-0.3, -0.25) is 9.59 Å². The van der Waals surface area contributed by atoms with Gasteiger partial charge in [-0.1, -0.05) is 98.9 Å². The maximum absolute atomic E-state index is 12.6. The average molecular weight is 966 g/mol. The molecule has 0 radical (unpaired) electrons. The van der Waals surface area contributed by atoms with Crippen LogP contribution in [0.1, 0.15) is 79.1 Å². The minimum absolute atomic E-state index is 0.118. The minimum Gasteiger partial charge on any atom is -0.481 e. The number of hydrogen-bond donors (Lipinski definition) is 13. The number of carboxylic acid groups (broad SMARTS) is 1. The number of allylic oxidation sites excluding steroid dienone is 12. The molecule has 19 atom stereocenters. The lowest BCUT2D eigenvalue weighted by atomic mass is 9.82. The monoisotopic (exact) mass is 966 g/mol. The van der Waals surface area contributed by atoms with Crippen LogP contribution in [0.3, 0.4) is 0 Å². The van der Waals surface area contributed by atoms with Crippen LogP contribution in [-0.2, 0) is 28.5 Å². The van der Waals surface area contributed by atoms with Gasteiger partial charge in [-0.05, 0) is 33.1 Å². The largest absolute Gasteiger partial charge is 0.481 e. The third kappa shape index (κ3) is 19.3. The molecule has 20 heteroatoms. The Bertz CT molecular complexity index is 1800. The SMILES string of the molecule is C[C@@H]1[C@H](O)[C@@H](C)/C=C/C=C/C=C/C=C/C=C/C=C/C=C/[C@H](O[C@@H]2O[C@H](C)[C@@H](O)[C@H](N=C(N)N)[C@@H]2O)C[C@@H]2O[C@](O)(C[C@@H](O)C[C@@H](O)[C@H](O)CC[C@@H](O)C[C@@H](O)CC(=O)O[C@H]1C)C[C@H](O)[C@H]2C(=O)O. The number of cyclic esters (lactones) is 1. The number of aliphatic carboxylic acids is 1. The molecule has 3 rings (SSSR count). The molecule has 0 aromatic carbocycles. The molecule has 0 saturated carbocycles. The number of aliphatic imine (C=N–C) groups is 1. The maximum Gasteiger partial charge on any atom is 0.311 e. The van der Waals surface area contributed by atoms with Gasteiger partial charge in [0.15, 0.2) is 18.0 Å². The maximum atomic E-state index is 12.6. The second-order valence-electron chi connectivity index (χ2n) is 18.0. The first-order valence-electron chi connectivity index (χ1n) is 23.0. The van der Waals surface area contributed by atoms with Gasteiger partial charge in [0.05, 0.1) is 67.5 Å². The summed E-state index contributed by atoms with van der Waals surface area (Å²) in [6.45, 7) is 6.70. The summed E-state index contributed by atoms with van der Waals surface area (Å²) in [5, 5.41) is 119. The van der Waals surface area contributed by atoms with E-state index in [9.17, 15) is 65.8 Å². The molecule has 384 valence electrons. The van der Waals surface area contributed by atoms with Crippen LogP contribution in [0.5, 0.6) is 0 Å². The molecule has 3 heterocycles. The lowest BCUT2D eigenvalue weighted by molar-refractivity contribution is -0.308. The first-order valence-corrected chi connectivity index (χ1v) is 23.0. The van der Waals surface area contributed by atoms with Crippen LogP contribution in [0.25, 0.3) is 0 Å². The summed E-state index contributed by atoms with van der Waals surface area (Å²) in [5.41, 5.74) is 11.1. The Morgan fingerprint density at radius 1 is 0.676 bits per heavy atom. The zero-order chi connectivity index (χ0) is 50.7. The standard InChI is InChI=1S/C48H75N3O17/c1-27-17-15-13-11-9-7-5-6-8-10-12-14-16-18-34(67-46-44(61)41(51-47(49)50)43(60)30(4)66-46)24-38-40(45(62)63)37(57)26-48(64,68-38)25-33(54)22-36(56)35(55)20-19-31(52)21-32(53)23-39(58)65-29(3)28(2)42(27)59/h5-18,27-38,40-44,46,52-57,59-61,64H,19-26H2,1-4H3,(H,62,63)(H4,49,50,51)/b6-5+,9-7+,10-8+,13-11+,14-12+,17-15+,18-16+/t27-,28-,29-,30+,31+,32+,33-,34-,35+,36+,37-,38-,40+,41-,42+,43+,44-,46-,48+/m0/s1. The molecule has 0 aromatic heterocycles. The van der Waals surface area contributed by atoms with Crippen molar-refractivity contribution in [2.45, 2.75) is 177 Å². The van der Waals surface area contributed by atoms with Gasteiger partial charge in [-0.25, -0.2) is 4.99 Å². The van der Waals surface area contributed by atoms with Crippen molar-refractivity contribution >= 4 is 17.9 Å². The van der Waals surface area contributed by atoms with Crippen LogP contribution in [0.4, 0.5) is 0 Å². The number of rotatable bonds is 4. The Hall–Kier alpha value is -4.13. The molecule has 0 aromatic rings. The number of esters is 1. The van der Waals surface area contributed by atoms with Crippen molar-refractivity contribution in [3.63, 3.8) is 0 Å². The molecule has 0 amide bonds. The van der Waals surface area contributed by atoms with Crippen molar-refractivity contribution in [1.29, 1.82) is 0 Å². The number of carboxylic acids is 1. The molecule has 2 saturated heterocycles. The van der Waals surface area contributed by atoms with E-state index in [1.165, 1.54) is 13.0 Å². The lowest BCUT2D eigenvalue weighted by Gasteiger charge is -2.45. The highest BCUT2D eigenvalue weighted by atomic mass is 16.7. The molecule has 3 aliphatic heterocycles. The summed E-state index contributed by atoms with van der Waals surface area (Å²) in [6, 6.07) is -1.27. The second kappa shape index (κ2) is 28.5. The number of fused-ring (bicyclic) bond motifs is 2. The Morgan fingerprint density at radius 2 is 1.25 bits per heavy atom. The van der Waals surface area contributed by atoms with Gasteiger partial charge in [0.25, 0.3) is 0 Å². The predicted molar refractivity (Wildman–Crippen MR) is 249 cm³/mol. The Labute approximate surface area is 397 Å². The number of carbonyl (C=O) groups excluding carboxylic acids is 1. The Kier molecular flexibility index (Phi) is 24.4. The topological polar surface area (TPSA) is 358 Å². The number of hydrogen-bond acceptors (Lipinski definition) is 17. The van der Waals surface area contributed by atoms with Gasteiger partial charge in [0, 0.05) is 37.5 Å². The summed E-state index contributed by atoms with van der Waals surface area (Å²) in [4.78, 5) is 29.1. The van der Waals surface area contributed by atoms with Crippen LogP contribution in [0, 0.1) is 17.8 Å².